The van der Waals surface area contributed by atoms with Crippen LogP contribution >= 0.6 is 0 Å². The van der Waals surface area contributed by atoms with Gasteiger partial charge in [0.25, 0.3) is 0 Å². The molecule has 0 atom stereocenters. The molecule has 0 unspecified atom stereocenters. The number of hydrogen-bond donors (Lipinski definition) is 0. The average molecular weight is 209 g/mol. The zero-order valence-corrected chi connectivity index (χ0v) is 9.19. The van der Waals surface area contributed by atoms with Crippen LogP contribution in [0.5, 0.6) is 5.75 Å². The van der Waals surface area contributed by atoms with Gasteiger partial charge in [0, 0.05) is 7.05 Å². The molecule has 0 aliphatic carbocycles. The van der Waals surface area contributed by atoms with Gasteiger partial charge in [0.05, 0.1) is 20.6 Å². The Kier molecular flexibility index (Phi) is 4.12. The molecule has 0 aliphatic rings. The maximum atomic E-state index is 11.5. The van der Waals surface area contributed by atoms with Crippen molar-refractivity contribution in [3.05, 3.63) is 29.8 Å². The molecule has 1 rings (SSSR count). The highest BCUT2D eigenvalue weighted by atomic mass is 16.7. The number of rotatable bonds is 4. The molecule has 0 N–H and O–H groups in total. The number of hydroxylamine groups is 2. The summed E-state index contributed by atoms with van der Waals surface area (Å²) in [6, 6.07) is 7.41. The molecule has 0 spiro atoms. The zero-order valence-electron chi connectivity index (χ0n) is 9.19. The summed E-state index contributed by atoms with van der Waals surface area (Å²) in [5.41, 5.74) is 0.906. The van der Waals surface area contributed by atoms with Crippen molar-refractivity contribution in [2.45, 2.75) is 6.42 Å². The second-order valence-electron chi connectivity index (χ2n) is 3.10. The highest BCUT2D eigenvalue weighted by Crippen LogP contribution is 2.13. The van der Waals surface area contributed by atoms with Gasteiger partial charge in [0.2, 0.25) is 5.91 Å². The van der Waals surface area contributed by atoms with Gasteiger partial charge in [0.15, 0.2) is 0 Å². The van der Waals surface area contributed by atoms with Crippen molar-refractivity contribution in [1.82, 2.24) is 5.06 Å². The summed E-state index contributed by atoms with van der Waals surface area (Å²) in [5.74, 6) is 0.658. The number of amides is 1. The fraction of sp³-hybridized carbons (Fsp3) is 0.364. The third kappa shape index (κ3) is 3.25. The normalized spacial score (nSPS) is 9.80. The second kappa shape index (κ2) is 5.36. The summed E-state index contributed by atoms with van der Waals surface area (Å²) in [7, 11) is 4.65. The fourth-order valence-electron chi connectivity index (χ4n) is 1.17. The first-order valence-electron chi connectivity index (χ1n) is 4.61. The van der Waals surface area contributed by atoms with E-state index < -0.39 is 0 Å². The highest BCUT2D eigenvalue weighted by molar-refractivity contribution is 5.77. The van der Waals surface area contributed by atoms with Crippen molar-refractivity contribution in [3.63, 3.8) is 0 Å². The number of carbonyl (C=O) groups is 1. The lowest BCUT2D eigenvalue weighted by Gasteiger charge is -2.13. The van der Waals surface area contributed by atoms with E-state index >= 15 is 0 Å². The minimum absolute atomic E-state index is 0.0919. The lowest BCUT2D eigenvalue weighted by molar-refractivity contribution is -0.167. The number of benzene rings is 1. The second-order valence-corrected chi connectivity index (χ2v) is 3.10. The first kappa shape index (κ1) is 11.5. The Morgan fingerprint density at radius 2 is 2.13 bits per heavy atom. The van der Waals surface area contributed by atoms with Gasteiger partial charge in [0.1, 0.15) is 5.75 Å². The van der Waals surface area contributed by atoms with Gasteiger partial charge >= 0.3 is 0 Å². The minimum atomic E-state index is -0.0919. The van der Waals surface area contributed by atoms with Crippen molar-refractivity contribution in [3.8, 4) is 5.75 Å². The van der Waals surface area contributed by atoms with Gasteiger partial charge in [-0.1, -0.05) is 12.1 Å². The lowest BCUT2D eigenvalue weighted by Crippen LogP contribution is -2.26. The van der Waals surface area contributed by atoms with Crippen molar-refractivity contribution < 1.29 is 14.4 Å². The maximum Gasteiger partial charge on any atom is 0.250 e. The molecule has 0 heterocycles. The van der Waals surface area contributed by atoms with E-state index in [1.54, 1.807) is 14.2 Å². The molecule has 1 amide bonds. The topological polar surface area (TPSA) is 38.8 Å². The van der Waals surface area contributed by atoms with Crippen LogP contribution in [0.25, 0.3) is 0 Å². The fourth-order valence-corrected chi connectivity index (χ4v) is 1.17. The van der Waals surface area contributed by atoms with E-state index in [2.05, 4.69) is 0 Å². The quantitative estimate of drug-likeness (QED) is 0.701. The summed E-state index contributed by atoms with van der Waals surface area (Å²) in [4.78, 5) is 16.3. The molecule has 0 saturated carbocycles. The van der Waals surface area contributed by atoms with Crippen molar-refractivity contribution in [2.24, 2.45) is 0 Å². The van der Waals surface area contributed by atoms with E-state index in [0.29, 0.717) is 6.42 Å². The van der Waals surface area contributed by atoms with Gasteiger partial charge in [-0.3, -0.25) is 9.63 Å². The van der Waals surface area contributed by atoms with E-state index in [4.69, 9.17) is 9.57 Å². The van der Waals surface area contributed by atoms with E-state index in [0.717, 1.165) is 11.3 Å². The molecule has 0 fully saturated rings. The molecule has 0 aromatic heterocycles. The molecule has 1 aromatic rings. The summed E-state index contributed by atoms with van der Waals surface area (Å²) in [6.07, 6.45) is 0.307. The Balaban J connectivity index is 2.68. The van der Waals surface area contributed by atoms with Crippen LogP contribution in [-0.2, 0) is 16.1 Å². The Morgan fingerprint density at radius 3 is 2.73 bits per heavy atom. The Hall–Kier alpha value is -1.55. The molecule has 1 aromatic carbocycles. The van der Waals surface area contributed by atoms with Crippen molar-refractivity contribution >= 4 is 5.91 Å². The number of carbonyl (C=O) groups excluding carboxylic acids is 1. The van der Waals surface area contributed by atoms with E-state index in [1.165, 1.54) is 12.2 Å². The smallest absolute Gasteiger partial charge is 0.250 e. The van der Waals surface area contributed by atoms with Gasteiger partial charge in [-0.05, 0) is 17.7 Å². The summed E-state index contributed by atoms with van der Waals surface area (Å²) in [6.45, 7) is 0. The van der Waals surface area contributed by atoms with Crippen LogP contribution < -0.4 is 4.74 Å². The van der Waals surface area contributed by atoms with E-state index in [-0.39, 0.29) is 5.91 Å². The molecule has 0 bridgehead atoms. The molecular formula is C11H15NO3. The van der Waals surface area contributed by atoms with E-state index in [9.17, 15) is 4.79 Å². The largest absolute Gasteiger partial charge is 0.497 e. The average Bonchev–Trinajstić information content (AvgIpc) is 2.28. The summed E-state index contributed by atoms with van der Waals surface area (Å²) >= 11 is 0. The number of likely N-dealkylation sites (N-methyl/N-ethyl adjacent to an activating group) is 1. The SMILES string of the molecule is COc1cccc(CC(=O)N(C)OC)c1. The van der Waals surface area contributed by atoms with Crippen LogP contribution in [0, 0.1) is 0 Å². The number of nitrogens with zero attached hydrogens (tertiary/aromatic N) is 1. The van der Waals surface area contributed by atoms with Gasteiger partial charge in [-0.25, -0.2) is 5.06 Å². The van der Waals surface area contributed by atoms with Crippen molar-refractivity contribution in [1.29, 1.82) is 0 Å². The van der Waals surface area contributed by atoms with Crippen LogP contribution in [0.15, 0.2) is 24.3 Å². The third-order valence-corrected chi connectivity index (χ3v) is 2.11. The maximum absolute atomic E-state index is 11.5. The minimum Gasteiger partial charge on any atom is -0.497 e. The molecule has 0 saturated heterocycles. The van der Waals surface area contributed by atoms with Crippen LogP contribution in [0.1, 0.15) is 5.56 Å². The summed E-state index contributed by atoms with van der Waals surface area (Å²) < 4.78 is 5.07. The Labute approximate surface area is 89.4 Å². The van der Waals surface area contributed by atoms with Crippen molar-refractivity contribution in [2.75, 3.05) is 21.3 Å². The van der Waals surface area contributed by atoms with Crippen LogP contribution in [0.2, 0.25) is 0 Å². The van der Waals surface area contributed by atoms with Gasteiger partial charge < -0.3 is 4.74 Å². The van der Waals surface area contributed by atoms with Crippen LogP contribution in [0.3, 0.4) is 0 Å². The molecule has 4 heteroatoms. The molecule has 0 radical (unpaired) electrons. The number of methoxy groups -OCH3 is 1. The van der Waals surface area contributed by atoms with Gasteiger partial charge in [-0.2, -0.15) is 0 Å². The lowest BCUT2D eigenvalue weighted by atomic mass is 10.1. The highest BCUT2D eigenvalue weighted by Gasteiger charge is 2.08. The molecular weight excluding hydrogens is 194 g/mol. The number of hydrogen-bond acceptors (Lipinski definition) is 3. The first-order valence-corrected chi connectivity index (χ1v) is 4.61. The molecule has 82 valence electrons. The predicted octanol–water partition coefficient (Wildman–Crippen LogP) is 1.26. The first-order chi connectivity index (χ1) is 7.17. The summed E-state index contributed by atoms with van der Waals surface area (Å²) in [5, 5.41) is 1.21. The van der Waals surface area contributed by atoms with E-state index in [1.807, 2.05) is 24.3 Å². The molecule has 15 heavy (non-hydrogen) atoms. The Morgan fingerprint density at radius 1 is 1.40 bits per heavy atom. The Bertz CT molecular complexity index is 338. The van der Waals surface area contributed by atoms with Gasteiger partial charge in [-0.15, -0.1) is 0 Å². The molecule has 4 nitrogen and oxygen atoms in total. The van der Waals surface area contributed by atoms with Crippen LogP contribution in [-0.4, -0.2) is 32.2 Å². The molecule has 0 aliphatic heterocycles. The number of ether oxygens (including phenoxy) is 1. The third-order valence-electron chi connectivity index (χ3n) is 2.11. The van der Waals surface area contributed by atoms with Crippen LogP contribution in [0.4, 0.5) is 0 Å². The monoisotopic (exact) mass is 209 g/mol. The zero-order chi connectivity index (χ0) is 11.3. The standard InChI is InChI=1S/C11H15NO3/c1-12(15-3)11(13)8-9-5-4-6-10(7-9)14-2/h4-7H,8H2,1-3H3. The predicted molar refractivity (Wildman–Crippen MR) is 56.5 cm³/mol.